The molecule has 5 atom stereocenters. The fourth-order valence-electron chi connectivity index (χ4n) is 2.56. The van der Waals surface area contributed by atoms with E-state index in [1.807, 2.05) is 0 Å². The van der Waals surface area contributed by atoms with Crippen molar-refractivity contribution in [1.29, 1.82) is 0 Å². The van der Waals surface area contributed by atoms with Gasteiger partial charge in [-0.3, -0.25) is 0 Å². The quantitative estimate of drug-likeness (QED) is 0.179. The summed E-state index contributed by atoms with van der Waals surface area (Å²) in [5.74, 6) is -0.919. The Labute approximate surface area is 153 Å². The molecule has 0 aromatic heterocycles. The maximum absolute atomic E-state index is 12.0. The molecule has 1 saturated carbocycles. The molecule has 2 aliphatic carbocycles. The van der Waals surface area contributed by atoms with Crippen molar-refractivity contribution >= 4 is 33.0 Å². The average molecular weight is 433 g/mol. The van der Waals surface area contributed by atoms with E-state index in [1.54, 1.807) is 0 Å². The maximum atomic E-state index is 12.0. The number of allylic oxidation sites excluding steroid dienone is 3. The van der Waals surface area contributed by atoms with Crippen molar-refractivity contribution in [2.45, 2.75) is 30.0 Å². The molecule has 138 valence electrons. The predicted molar refractivity (Wildman–Crippen MR) is 91.0 cm³/mol. The van der Waals surface area contributed by atoms with E-state index in [2.05, 4.69) is 16.8 Å². The standard InChI is InChI=1S/C15H20AsNO7S/c18-6-8-5-11(14(21)15(22)13(8)20)25-7-12(19)17-10-3-1-9(2-4-10)16(23)24/h1,3,8,11,13-15,18,20-24H,5-7H2,(H,17,19). The zero-order valence-corrected chi connectivity index (χ0v) is 15.8. The van der Waals surface area contributed by atoms with E-state index in [0.717, 1.165) is 11.8 Å². The average Bonchev–Trinajstić information content (AvgIpc) is 2.59. The normalized spacial score (nSPS) is 31.7. The summed E-state index contributed by atoms with van der Waals surface area (Å²) in [6, 6.07) is 0. The Morgan fingerprint density at radius 3 is 2.48 bits per heavy atom. The van der Waals surface area contributed by atoms with Gasteiger partial charge in [-0.2, -0.15) is 0 Å². The monoisotopic (exact) mass is 433 g/mol. The van der Waals surface area contributed by atoms with Gasteiger partial charge in [-0.1, -0.05) is 0 Å². The summed E-state index contributed by atoms with van der Waals surface area (Å²) in [7, 11) is 0. The SMILES string of the molecule is O=C(CSC1CC(CO)C(O)C(O)C1O)NC1=C=C=C([As](O)O)C=C1. The van der Waals surface area contributed by atoms with Gasteiger partial charge in [0.2, 0.25) is 0 Å². The number of amides is 1. The second kappa shape index (κ2) is 9.21. The first-order valence-corrected chi connectivity index (χ1v) is 11.2. The van der Waals surface area contributed by atoms with Crippen LogP contribution in [0.2, 0.25) is 0 Å². The van der Waals surface area contributed by atoms with E-state index in [-0.39, 0.29) is 29.0 Å². The summed E-state index contributed by atoms with van der Waals surface area (Å²) in [5.41, 5.74) is 5.52. The number of hydrogen-bond donors (Lipinski definition) is 7. The van der Waals surface area contributed by atoms with Crippen LogP contribution < -0.4 is 5.32 Å². The summed E-state index contributed by atoms with van der Waals surface area (Å²) in [4.78, 5) is 12.0. The van der Waals surface area contributed by atoms with Crippen molar-refractivity contribution in [3.8, 4) is 0 Å². The summed E-state index contributed by atoms with van der Waals surface area (Å²) >= 11 is -1.88. The van der Waals surface area contributed by atoms with Gasteiger partial charge in [0.05, 0.1) is 0 Å². The van der Waals surface area contributed by atoms with Gasteiger partial charge in [0.25, 0.3) is 0 Å². The first kappa shape index (κ1) is 20.5. The molecule has 1 fully saturated rings. The fourth-order valence-corrected chi connectivity index (χ4v) is 4.51. The van der Waals surface area contributed by atoms with Crippen LogP contribution in [0.5, 0.6) is 0 Å². The summed E-state index contributed by atoms with van der Waals surface area (Å²) in [6.45, 7) is -0.314. The number of carbonyl (C=O) groups excluding carboxylic acids is 1. The van der Waals surface area contributed by atoms with Crippen LogP contribution in [-0.2, 0) is 4.79 Å². The number of nitrogens with one attached hydrogen (secondary N) is 1. The first-order chi connectivity index (χ1) is 11.8. The Hall–Kier alpha value is -0.822. The minimum absolute atomic E-state index is 0.00387. The van der Waals surface area contributed by atoms with Crippen LogP contribution in [0, 0.1) is 5.92 Å². The Morgan fingerprint density at radius 2 is 1.92 bits per heavy atom. The summed E-state index contributed by atoms with van der Waals surface area (Å²) < 4.78 is 18.5. The van der Waals surface area contributed by atoms with E-state index >= 15 is 0 Å². The van der Waals surface area contributed by atoms with Gasteiger partial charge in [0, 0.05) is 0 Å². The van der Waals surface area contributed by atoms with Crippen LogP contribution in [0.15, 0.2) is 33.7 Å². The zero-order chi connectivity index (χ0) is 18.6. The van der Waals surface area contributed by atoms with Gasteiger partial charge in [-0.15, -0.1) is 0 Å². The second-order valence-electron chi connectivity index (χ2n) is 5.72. The van der Waals surface area contributed by atoms with Crippen LogP contribution >= 0.6 is 11.8 Å². The molecule has 0 aliphatic heterocycles. The number of rotatable bonds is 6. The third-order valence-electron chi connectivity index (χ3n) is 3.98. The third kappa shape index (κ3) is 5.33. The molecule has 0 aromatic carbocycles. The second-order valence-corrected chi connectivity index (χ2v) is 9.17. The first-order valence-electron chi connectivity index (χ1n) is 7.52. The van der Waals surface area contributed by atoms with Crippen molar-refractivity contribution in [3.05, 3.63) is 33.7 Å². The van der Waals surface area contributed by atoms with Crippen molar-refractivity contribution < 1.29 is 33.4 Å². The van der Waals surface area contributed by atoms with Gasteiger partial charge in [0.15, 0.2) is 0 Å². The van der Waals surface area contributed by atoms with E-state index < -0.39 is 44.8 Å². The number of thioether (sulfide) groups is 1. The van der Waals surface area contributed by atoms with Crippen LogP contribution in [-0.4, -0.2) is 85.8 Å². The Morgan fingerprint density at radius 1 is 1.20 bits per heavy atom. The van der Waals surface area contributed by atoms with Gasteiger partial charge >= 0.3 is 143 Å². The molecule has 2 aliphatic rings. The van der Waals surface area contributed by atoms with Crippen molar-refractivity contribution in [1.82, 2.24) is 5.32 Å². The topological polar surface area (TPSA) is 150 Å². The molecule has 5 unspecified atom stereocenters. The Kier molecular flexibility index (Phi) is 7.55. The molecule has 0 bridgehead atoms. The third-order valence-corrected chi connectivity index (χ3v) is 6.76. The van der Waals surface area contributed by atoms with E-state index in [0.29, 0.717) is 5.70 Å². The Bertz CT molecular complexity index is 638. The molecule has 0 heterocycles. The molecular formula is C15H20AsNO7S. The molecule has 0 saturated heterocycles. The Balaban J connectivity index is 1.90. The molecule has 0 aromatic rings. The molecule has 25 heavy (non-hydrogen) atoms. The van der Waals surface area contributed by atoms with Crippen LogP contribution in [0.3, 0.4) is 0 Å². The van der Waals surface area contributed by atoms with Gasteiger partial charge in [0.1, 0.15) is 0 Å². The molecule has 0 radical (unpaired) electrons. The fraction of sp³-hybridized carbons (Fsp3) is 0.533. The van der Waals surface area contributed by atoms with E-state index in [4.69, 9.17) is 8.19 Å². The van der Waals surface area contributed by atoms with Crippen LogP contribution in [0.25, 0.3) is 0 Å². The van der Waals surface area contributed by atoms with Crippen molar-refractivity contribution in [2.75, 3.05) is 12.4 Å². The van der Waals surface area contributed by atoms with Crippen LogP contribution in [0.4, 0.5) is 0 Å². The number of carbonyl (C=O) groups is 1. The van der Waals surface area contributed by atoms with Crippen LogP contribution in [0.1, 0.15) is 6.42 Å². The summed E-state index contributed by atoms with van der Waals surface area (Å²) in [6.07, 6.45) is -0.530. The van der Waals surface area contributed by atoms with Crippen molar-refractivity contribution in [3.63, 3.8) is 0 Å². The van der Waals surface area contributed by atoms with Gasteiger partial charge < -0.3 is 10.2 Å². The zero-order valence-electron chi connectivity index (χ0n) is 13.1. The molecule has 8 nitrogen and oxygen atoms in total. The van der Waals surface area contributed by atoms with E-state index in [1.165, 1.54) is 12.2 Å². The van der Waals surface area contributed by atoms with Gasteiger partial charge in [-0.05, 0) is 0 Å². The minimum atomic E-state index is -3.01. The number of aliphatic hydroxyl groups excluding tert-OH is 4. The number of aliphatic hydroxyl groups is 4. The molecule has 1 amide bonds. The molecule has 7 N–H and O–H groups in total. The van der Waals surface area contributed by atoms with E-state index in [9.17, 15) is 25.2 Å². The predicted octanol–water partition coefficient (Wildman–Crippen LogP) is -2.55. The molecule has 10 heteroatoms. The molecule has 0 spiro atoms. The molecule has 2 rings (SSSR count). The van der Waals surface area contributed by atoms with Crippen molar-refractivity contribution in [2.24, 2.45) is 5.92 Å². The molecular weight excluding hydrogens is 413 g/mol. The van der Waals surface area contributed by atoms with Gasteiger partial charge in [-0.25, -0.2) is 0 Å². The summed E-state index contributed by atoms with van der Waals surface area (Å²) in [5, 5.41) is 40.9. The number of hydrogen-bond acceptors (Lipinski definition) is 8.